The average Bonchev–Trinajstić information content (AvgIpc) is 3.16. The third-order valence-electron chi connectivity index (χ3n) is 4.37. The molecule has 1 aromatic heterocycles. The number of thiophene rings is 1. The minimum Gasteiger partial charge on any atom is -0.508 e. The van der Waals surface area contributed by atoms with Crippen molar-refractivity contribution in [1.29, 1.82) is 0 Å². The minimum absolute atomic E-state index is 0.0398. The van der Waals surface area contributed by atoms with Crippen molar-refractivity contribution >= 4 is 17.2 Å². The van der Waals surface area contributed by atoms with Crippen molar-refractivity contribution in [3.8, 4) is 5.75 Å². The minimum atomic E-state index is -0.152. The molecule has 1 heterocycles. The number of carbonyl (C=O) groups excluding carboxylic acids is 1. The molecule has 0 aliphatic heterocycles. The van der Waals surface area contributed by atoms with Gasteiger partial charge in [-0.1, -0.05) is 56.3 Å². The number of amides is 1. The van der Waals surface area contributed by atoms with Gasteiger partial charge in [0.1, 0.15) is 5.75 Å². The molecule has 1 amide bonds. The van der Waals surface area contributed by atoms with E-state index < -0.39 is 0 Å². The molecule has 0 aliphatic carbocycles. The van der Waals surface area contributed by atoms with E-state index in [9.17, 15) is 9.90 Å². The first-order chi connectivity index (χ1) is 12.5. The van der Waals surface area contributed by atoms with Crippen LogP contribution in [0.4, 0.5) is 0 Å². The molecule has 3 aromatic rings. The first-order valence-corrected chi connectivity index (χ1v) is 9.61. The number of hydrogen-bond acceptors (Lipinski definition) is 3. The van der Waals surface area contributed by atoms with Crippen molar-refractivity contribution in [2.45, 2.75) is 32.2 Å². The fourth-order valence-electron chi connectivity index (χ4n) is 2.86. The van der Waals surface area contributed by atoms with Crippen LogP contribution in [0.3, 0.4) is 0 Å². The smallest absolute Gasteiger partial charge is 0.225 e. The van der Waals surface area contributed by atoms with Crippen LogP contribution in [-0.4, -0.2) is 11.0 Å². The van der Waals surface area contributed by atoms with Crippen molar-refractivity contribution < 1.29 is 9.90 Å². The van der Waals surface area contributed by atoms with Crippen LogP contribution in [0, 0.1) is 0 Å². The molecule has 0 saturated carbocycles. The molecule has 4 heteroatoms. The molecule has 0 bridgehead atoms. The van der Waals surface area contributed by atoms with E-state index >= 15 is 0 Å². The maximum absolute atomic E-state index is 12.6. The topological polar surface area (TPSA) is 49.3 Å². The summed E-state index contributed by atoms with van der Waals surface area (Å²) in [5, 5.41) is 14.6. The van der Waals surface area contributed by atoms with Crippen LogP contribution in [-0.2, 0) is 11.2 Å². The molecule has 1 unspecified atom stereocenters. The Bertz CT molecular complexity index is 837. The molecule has 2 N–H and O–H groups in total. The Labute approximate surface area is 158 Å². The van der Waals surface area contributed by atoms with Crippen LogP contribution in [0.15, 0.2) is 66.0 Å². The van der Waals surface area contributed by atoms with Crippen molar-refractivity contribution in [3.05, 3.63) is 87.6 Å². The maximum Gasteiger partial charge on any atom is 0.225 e. The number of aromatic hydroxyl groups is 1. The number of hydrogen-bond donors (Lipinski definition) is 2. The monoisotopic (exact) mass is 365 g/mol. The Kier molecular flexibility index (Phi) is 5.74. The summed E-state index contributed by atoms with van der Waals surface area (Å²) in [7, 11) is 0. The second-order valence-electron chi connectivity index (χ2n) is 6.68. The summed E-state index contributed by atoms with van der Waals surface area (Å²) in [5.41, 5.74) is 3.24. The molecule has 134 valence electrons. The third-order valence-corrected chi connectivity index (χ3v) is 5.31. The second-order valence-corrected chi connectivity index (χ2v) is 7.66. The van der Waals surface area contributed by atoms with Crippen LogP contribution >= 0.6 is 11.3 Å². The van der Waals surface area contributed by atoms with Gasteiger partial charge >= 0.3 is 0 Å². The van der Waals surface area contributed by atoms with Crippen LogP contribution in [0.1, 0.15) is 47.4 Å². The number of benzene rings is 2. The van der Waals surface area contributed by atoms with E-state index in [0.29, 0.717) is 5.92 Å². The van der Waals surface area contributed by atoms with Crippen molar-refractivity contribution in [2.75, 3.05) is 0 Å². The fourth-order valence-corrected chi connectivity index (χ4v) is 3.66. The van der Waals surface area contributed by atoms with Gasteiger partial charge < -0.3 is 10.4 Å². The molecule has 2 aromatic carbocycles. The molecular weight excluding hydrogens is 342 g/mol. The summed E-state index contributed by atoms with van der Waals surface area (Å²) in [6.45, 7) is 4.34. The van der Waals surface area contributed by atoms with E-state index in [1.54, 1.807) is 35.6 Å². The van der Waals surface area contributed by atoms with E-state index in [-0.39, 0.29) is 24.1 Å². The van der Waals surface area contributed by atoms with Crippen molar-refractivity contribution in [3.63, 3.8) is 0 Å². The zero-order chi connectivity index (χ0) is 18.5. The molecule has 1 atom stereocenters. The Morgan fingerprint density at radius 3 is 2.23 bits per heavy atom. The van der Waals surface area contributed by atoms with Crippen molar-refractivity contribution in [1.82, 2.24) is 5.32 Å². The molecule has 3 nitrogen and oxygen atoms in total. The van der Waals surface area contributed by atoms with Crippen LogP contribution in [0.25, 0.3) is 0 Å². The van der Waals surface area contributed by atoms with Crippen molar-refractivity contribution in [2.24, 2.45) is 0 Å². The van der Waals surface area contributed by atoms with Crippen LogP contribution < -0.4 is 5.32 Å². The number of phenols is 1. The van der Waals surface area contributed by atoms with Gasteiger partial charge in [-0.05, 0) is 46.2 Å². The zero-order valence-electron chi connectivity index (χ0n) is 15.0. The highest BCUT2D eigenvalue weighted by Gasteiger charge is 2.18. The first-order valence-electron chi connectivity index (χ1n) is 8.73. The molecule has 0 aliphatic rings. The van der Waals surface area contributed by atoms with Crippen LogP contribution in [0.5, 0.6) is 5.75 Å². The lowest BCUT2D eigenvalue weighted by atomic mass is 9.98. The normalized spacial score (nSPS) is 12.1. The Balaban J connectivity index is 1.78. The van der Waals surface area contributed by atoms with Gasteiger partial charge in [-0.15, -0.1) is 11.3 Å². The SMILES string of the molecule is CC(C)c1ccc(C(NC(=O)Cc2ccc(O)cc2)c2cccs2)cc1. The molecule has 3 rings (SSSR count). The molecule has 0 radical (unpaired) electrons. The lowest BCUT2D eigenvalue weighted by Crippen LogP contribution is -2.30. The number of nitrogens with one attached hydrogen (secondary N) is 1. The molecule has 26 heavy (non-hydrogen) atoms. The average molecular weight is 365 g/mol. The standard InChI is InChI=1S/C22H23NO2S/c1-15(2)17-7-9-18(10-8-17)22(20-4-3-13-26-20)23-21(25)14-16-5-11-19(24)12-6-16/h3-13,15,22,24H,14H2,1-2H3,(H,23,25). The lowest BCUT2D eigenvalue weighted by molar-refractivity contribution is -0.120. The van der Waals surface area contributed by atoms with Gasteiger partial charge in [0, 0.05) is 4.88 Å². The van der Waals surface area contributed by atoms with E-state index in [1.165, 1.54) is 5.56 Å². The van der Waals surface area contributed by atoms with Gasteiger partial charge in [0.25, 0.3) is 0 Å². The quantitative estimate of drug-likeness (QED) is 0.644. The van der Waals surface area contributed by atoms with Gasteiger partial charge in [0.15, 0.2) is 0 Å². The first kappa shape index (κ1) is 18.2. The molecule has 0 fully saturated rings. The number of carbonyl (C=O) groups is 1. The predicted octanol–water partition coefficient (Wildman–Crippen LogP) is 5.03. The Hall–Kier alpha value is -2.59. The fraction of sp³-hybridized carbons (Fsp3) is 0.227. The van der Waals surface area contributed by atoms with Gasteiger partial charge in [-0.3, -0.25) is 4.79 Å². The summed E-state index contributed by atoms with van der Waals surface area (Å²) in [5.74, 6) is 0.645. The van der Waals surface area contributed by atoms with Gasteiger partial charge in [-0.2, -0.15) is 0 Å². The Morgan fingerprint density at radius 2 is 1.65 bits per heavy atom. The summed E-state index contributed by atoms with van der Waals surface area (Å²) in [6, 6.07) is 19.1. The number of phenolic OH excluding ortho intramolecular Hbond substituents is 1. The Morgan fingerprint density at radius 1 is 1.00 bits per heavy atom. The molecular formula is C22H23NO2S. The summed E-state index contributed by atoms with van der Waals surface area (Å²) in [6.07, 6.45) is 0.284. The molecule has 0 saturated heterocycles. The predicted molar refractivity (Wildman–Crippen MR) is 107 cm³/mol. The molecule has 0 spiro atoms. The second kappa shape index (κ2) is 8.19. The zero-order valence-corrected chi connectivity index (χ0v) is 15.8. The van der Waals surface area contributed by atoms with E-state index in [2.05, 4.69) is 43.4 Å². The number of rotatable bonds is 6. The maximum atomic E-state index is 12.6. The lowest BCUT2D eigenvalue weighted by Gasteiger charge is -2.19. The van der Waals surface area contributed by atoms with E-state index in [1.807, 2.05) is 17.5 Å². The third kappa shape index (κ3) is 4.52. The summed E-state index contributed by atoms with van der Waals surface area (Å²) < 4.78 is 0. The highest BCUT2D eigenvalue weighted by atomic mass is 32.1. The highest BCUT2D eigenvalue weighted by molar-refractivity contribution is 7.10. The van der Waals surface area contributed by atoms with E-state index in [4.69, 9.17) is 0 Å². The van der Waals surface area contributed by atoms with Crippen LogP contribution in [0.2, 0.25) is 0 Å². The highest BCUT2D eigenvalue weighted by Crippen LogP contribution is 2.27. The van der Waals surface area contributed by atoms with Gasteiger partial charge in [0.05, 0.1) is 12.5 Å². The largest absolute Gasteiger partial charge is 0.508 e. The van der Waals surface area contributed by atoms with Gasteiger partial charge in [-0.25, -0.2) is 0 Å². The summed E-state index contributed by atoms with van der Waals surface area (Å²) in [4.78, 5) is 13.7. The summed E-state index contributed by atoms with van der Waals surface area (Å²) >= 11 is 1.64. The van der Waals surface area contributed by atoms with E-state index in [0.717, 1.165) is 16.0 Å². The van der Waals surface area contributed by atoms with Gasteiger partial charge in [0.2, 0.25) is 5.91 Å².